The molecule has 0 aliphatic carbocycles. The summed E-state index contributed by atoms with van der Waals surface area (Å²) in [5, 5.41) is 0. The first-order chi connectivity index (χ1) is 10.4. The minimum Gasteiger partial charge on any atom is -0.298 e. The summed E-state index contributed by atoms with van der Waals surface area (Å²) in [5.41, 5.74) is 2.49. The predicted octanol–water partition coefficient (Wildman–Crippen LogP) is 1.58. The van der Waals surface area contributed by atoms with E-state index in [0.29, 0.717) is 0 Å². The predicted molar refractivity (Wildman–Crippen MR) is 81.4 cm³/mol. The number of hydrogen-bond donors (Lipinski definition) is 0. The van der Waals surface area contributed by atoms with Crippen LogP contribution >= 0.6 is 0 Å². The summed E-state index contributed by atoms with van der Waals surface area (Å²) in [7, 11) is 0. The standard InChI is InChI=1S/C16H21N5/c1-3-15(9-17-4-1)12-20-5-2-6-21(8-7-20)13-16-10-18-14-19-11-16/h1,3-4,9-11,14H,2,5-8,12-13H2. The van der Waals surface area contributed by atoms with E-state index in [1.807, 2.05) is 30.9 Å². The molecule has 5 nitrogen and oxygen atoms in total. The molecule has 0 N–H and O–H groups in total. The van der Waals surface area contributed by atoms with E-state index < -0.39 is 0 Å². The molecular weight excluding hydrogens is 262 g/mol. The molecule has 0 spiro atoms. The van der Waals surface area contributed by atoms with Crippen molar-refractivity contribution in [3.05, 3.63) is 54.4 Å². The Hall–Kier alpha value is -1.85. The summed E-state index contributed by atoms with van der Waals surface area (Å²) in [6.45, 7) is 6.42. The van der Waals surface area contributed by atoms with Gasteiger partial charge in [0.2, 0.25) is 0 Å². The zero-order valence-electron chi connectivity index (χ0n) is 12.2. The Labute approximate surface area is 125 Å². The fourth-order valence-corrected chi connectivity index (χ4v) is 2.76. The van der Waals surface area contributed by atoms with Crippen LogP contribution in [0, 0.1) is 0 Å². The van der Waals surface area contributed by atoms with Crippen LogP contribution in [0.1, 0.15) is 17.5 Å². The quantitative estimate of drug-likeness (QED) is 0.852. The minimum absolute atomic E-state index is 0.946. The van der Waals surface area contributed by atoms with E-state index in [-0.39, 0.29) is 0 Å². The van der Waals surface area contributed by atoms with Gasteiger partial charge in [0.15, 0.2) is 0 Å². The lowest BCUT2D eigenvalue weighted by atomic mass is 10.2. The fraction of sp³-hybridized carbons (Fsp3) is 0.438. The first-order valence-electron chi connectivity index (χ1n) is 7.48. The molecule has 110 valence electrons. The molecule has 5 heteroatoms. The number of aromatic nitrogens is 3. The number of pyridine rings is 1. The minimum atomic E-state index is 0.946. The summed E-state index contributed by atoms with van der Waals surface area (Å²) < 4.78 is 0. The molecule has 1 aliphatic heterocycles. The summed E-state index contributed by atoms with van der Waals surface area (Å²) >= 11 is 0. The smallest absolute Gasteiger partial charge is 0.115 e. The third-order valence-electron chi connectivity index (χ3n) is 3.83. The van der Waals surface area contributed by atoms with Crippen LogP contribution in [0.4, 0.5) is 0 Å². The molecular formula is C16H21N5. The lowest BCUT2D eigenvalue weighted by Crippen LogP contribution is -2.30. The van der Waals surface area contributed by atoms with Crippen LogP contribution < -0.4 is 0 Å². The van der Waals surface area contributed by atoms with Gasteiger partial charge >= 0.3 is 0 Å². The van der Waals surface area contributed by atoms with Crippen molar-refractivity contribution in [3.63, 3.8) is 0 Å². The van der Waals surface area contributed by atoms with Crippen LogP contribution in [0.15, 0.2) is 43.2 Å². The van der Waals surface area contributed by atoms with Crippen molar-refractivity contribution in [1.29, 1.82) is 0 Å². The molecule has 1 fully saturated rings. The highest BCUT2D eigenvalue weighted by Crippen LogP contribution is 2.10. The highest BCUT2D eigenvalue weighted by atomic mass is 15.2. The second-order valence-corrected chi connectivity index (χ2v) is 5.51. The number of hydrogen-bond acceptors (Lipinski definition) is 5. The van der Waals surface area contributed by atoms with E-state index >= 15 is 0 Å². The molecule has 0 radical (unpaired) electrons. The molecule has 1 aliphatic rings. The van der Waals surface area contributed by atoms with Crippen LogP contribution in [0.3, 0.4) is 0 Å². The summed E-state index contributed by atoms with van der Waals surface area (Å²) in [6, 6.07) is 4.16. The largest absolute Gasteiger partial charge is 0.298 e. The van der Waals surface area contributed by atoms with Crippen molar-refractivity contribution in [2.45, 2.75) is 19.5 Å². The Morgan fingerprint density at radius 1 is 0.810 bits per heavy atom. The molecule has 3 rings (SSSR count). The van der Waals surface area contributed by atoms with E-state index in [1.165, 1.54) is 17.5 Å². The van der Waals surface area contributed by atoms with E-state index in [0.717, 1.165) is 39.3 Å². The van der Waals surface area contributed by atoms with Crippen molar-refractivity contribution in [2.75, 3.05) is 26.2 Å². The van der Waals surface area contributed by atoms with Crippen molar-refractivity contribution in [1.82, 2.24) is 24.8 Å². The zero-order valence-corrected chi connectivity index (χ0v) is 12.2. The Bertz CT molecular complexity index is 481. The van der Waals surface area contributed by atoms with E-state index in [9.17, 15) is 0 Å². The Morgan fingerprint density at radius 3 is 2.14 bits per heavy atom. The van der Waals surface area contributed by atoms with Crippen LogP contribution in [0.2, 0.25) is 0 Å². The molecule has 2 aromatic rings. The SMILES string of the molecule is c1cncc(CN2CCCN(Cc3cncnc3)CC2)c1. The van der Waals surface area contributed by atoms with Crippen LogP contribution in [0.25, 0.3) is 0 Å². The van der Waals surface area contributed by atoms with Gasteiger partial charge in [0.1, 0.15) is 6.33 Å². The van der Waals surface area contributed by atoms with Crippen LogP contribution in [-0.4, -0.2) is 50.9 Å². The molecule has 0 bridgehead atoms. The molecule has 3 heterocycles. The van der Waals surface area contributed by atoms with Gasteiger partial charge in [-0.05, 0) is 31.1 Å². The molecule has 0 aromatic carbocycles. The van der Waals surface area contributed by atoms with Gasteiger partial charge in [-0.25, -0.2) is 9.97 Å². The van der Waals surface area contributed by atoms with Gasteiger partial charge in [0, 0.05) is 56.5 Å². The van der Waals surface area contributed by atoms with Gasteiger partial charge in [0.25, 0.3) is 0 Å². The number of nitrogens with zero attached hydrogens (tertiary/aromatic N) is 5. The topological polar surface area (TPSA) is 45.2 Å². The highest BCUT2D eigenvalue weighted by molar-refractivity contribution is 5.08. The first-order valence-corrected chi connectivity index (χ1v) is 7.48. The molecule has 0 atom stereocenters. The average molecular weight is 283 g/mol. The van der Waals surface area contributed by atoms with Gasteiger partial charge in [-0.2, -0.15) is 0 Å². The molecule has 0 unspecified atom stereocenters. The maximum absolute atomic E-state index is 4.19. The van der Waals surface area contributed by atoms with Crippen molar-refractivity contribution < 1.29 is 0 Å². The maximum Gasteiger partial charge on any atom is 0.115 e. The molecule has 0 amide bonds. The lowest BCUT2D eigenvalue weighted by molar-refractivity contribution is 0.246. The van der Waals surface area contributed by atoms with Gasteiger partial charge in [-0.15, -0.1) is 0 Å². The van der Waals surface area contributed by atoms with Crippen molar-refractivity contribution in [2.24, 2.45) is 0 Å². The number of rotatable bonds is 4. The third-order valence-corrected chi connectivity index (χ3v) is 3.83. The van der Waals surface area contributed by atoms with Crippen LogP contribution in [-0.2, 0) is 13.1 Å². The average Bonchev–Trinajstić information content (AvgIpc) is 2.75. The normalized spacial score (nSPS) is 17.5. The lowest BCUT2D eigenvalue weighted by Gasteiger charge is -2.21. The molecule has 21 heavy (non-hydrogen) atoms. The van der Waals surface area contributed by atoms with Crippen molar-refractivity contribution >= 4 is 0 Å². The second-order valence-electron chi connectivity index (χ2n) is 5.51. The van der Waals surface area contributed by atoms with Gasteiger partial charge in [-0.1, -0.05) is 6.07 Å². The zero-order chi connectivity index (χ0) is 14.3. The van der Waals surface area contributed by atoms with Crippen LogP contribution in [0.5, 0.6) is 0 Å². The Kier molecular flexibility index (Phi) is 4.86. The highest BCUT2D eigenvalue weighted by Gasteiger charge is 2.15. The molecule has 0 saturated carbocycles. The van der Waals surface area contributed by atoms with E-state index in [4.69, 9.17) is 0 Å². The van der Waals surface area contributed by atoms with Gasteiger partial charge in [-0.3, -0.25) is 14.8 Å². The third kappa shape index (κ3) is 4.31. The Balaban J connectivity index is 1.52. The van der Waals surface area contributed by atoms with Crippen molar-refractivity contribution in [3.8, 4) is 0 Å². The summed E-state index contributed by atoms with van der Waals surface area (Å²) in [4.78, 5) is 17.4. The summed E-state index contributed by atoms with van der Waals surface area (Å²) in [5.74, 6) is 0. The van der Waals surface area contributed by atoms with E-state index in [1.54, 1.807) is 6.33 Å². The second kappa shape index (κ2) is 7.24. The van der Waals surface area contributed by atoms with Gasteiger partial charge < -0.3 is 0 Å². The van der Waals surface area contributed by atoms with E-state index in [2.05, 4.69) is 30.8 Å². The Morgan fingerprint density at radius 2 is 1.48 bits per heavy atom. The maximum atomic E-state index is 4.19. The monoisotopic (exact) mass is 283 g/mol. The molecule has 2 aromatic heterocycles. The first kappa shape index (κ1) is 14.1. The summed E-state index contributed by atoms with van der Waals surface area (Å²) in [6.07, 6.45) is 10.4. The van der Waals surface area contributed by atoms with Gasteiger partial charge in [0.05, 0.1) is 0 Å². The molecule has 1 saturated heterocycles. The fourth-order valence-electron chi connectivity index (χ4n) is 2.76.